The molecule has 0 aliphatic heterocycles. The Morgan fingerprint density at radius 3 is 2.47 bits per heavy atom. The molecule has 0 heterocycles. The molecule has 0 bridgehead atoms. The largest absolute Gasteiger partial charge is 0.497 e. The second kappa shape index (κ2) is 5.79. The second-order valence-electron chi connectivity index (χ2n) is 5.09. The van der Waals surface area contributed by atoms with Crippen molar-refractivity contribution in [3.8, 4) is 5.75 Å². The van der Waals surface area contributed by atoms with Gasteiger partial charge in [-0.15, -0.1) is 0 Å². The lowest BCUT2D eigenvalue weighted by molar-refractivity contribution is 0.414. The van der Waals surface area contributed by atoms with Gasteiger partial charge in [0.2, 0.25) is 0 Å². The van der Waals surface area contributed by atoms with Gasteiger partial charge in [-0.05, 0) is 54.3 Å². The van der Waals surface area contributed by atoms with Gasteiger partial charge in [0, 0.05) is 11.4 Å². The number of hydrogen-bond acceptors (Lipinski definition) is 2. The molecule has 0 spiro atoms. The number of aryl methyl sites for hydroxylation is 1. The van der Waals surface area contributed by atoms with Crippen LogP contribution in [0.1, 0.15) is 30.9 Å². The van der Waals surface area contributed by atoms with Crippen LogP contribution in [0, 0.1) is 6.92 Å². The average Bonchev–Trinajstić information content (AvgIpc) is 2.41. The average molecular weight is 255 g/mol. The molecule has 0 aliphatic carbocycles. The van der Waals surface area contributed by atoms with Crippen molar-refractivity contribution in [1.82, 2.24) is 0 Å². The molecule has 0 unspecified atom stereocenters. The zero-order valence-electron chi connectivity index (χ0n) is 12.0. The molecule has 2 aromatic rings. The Hall–Kier alpha value is -1.96. The zero-order valence-corrected chi connectivity index (χ0v) is 12.0. The van der Waals surface area contributed by atoms with E-state index in [-0.39, 0.29) is 0 Å². The molecular formula is C17H21NO. The molecule has 2 nitrogen and oxygen atoms in total. The van der Waals surface area contributed by atoms with E-state index in [0.29, 0.717) is 5.92 Å². The molecule has 100 valence electrons. The quantitative estimate of drug-likeness (QED) is 0.841. The van der Waals surface area contributed by atoms with Gasteiger partial charge in [-0.3, -0.25) is 0 Å². The van der Waals surface area contributed by atoms with E-state index in [0.717, 1.165) is 17.1 Å². The van der Waals surface area contributed by atoms with Gasteiger partial charge in [-0.25, -0.2) is 0 Å². The van der Waals surface area contributed by atoms with Crippen molar-refractivity contribution in [2.45, 2.75) is 26.7 Å². The van der Waals surface area contributed by atoms with E-state index in [1.54, 1.807) is 7.11 Å². The van der Waals surface area contributed by atoms with E-state index >= 15 is 0 Å². The van der Waals surface area contributed by atoms with Crippen LogP contribution < -0.4 is 10.1 Å². The van der Waals surface area contributed by atoms with Gasteiger partial charge in [0.15, 0.2) is 0 Å². The van der Waals surface area contributed by atoms with Gasteiger partial charge >= 0.3 is 0 Å². The van der Waals surface area contributed by atoms with Crippen molar-refractivity contribution in [1.29, 1.82) is 0 Å². The fraction of sp³-hybridized carbons (Fsp3) is 0.294. The Kier molecular flexibility index (Phi) is 4.10. The fourth-order valence-corrected chi connectivity index (χ4v) is 2.03. The SMILES string of the molecule is COc1ccc(Nc2cccc(C(C)C)c2)c(C)c1. The molecule has 0 radical (unpaired) electrons. The molecule has 0 amide bonds. The van der Waals surface area contributed by atoms with Crippen molar-refractivity contribution in [3.05, 3.63) is 53.6 Å². The predicted molar refractivity (Wildman–Crippen MR) is 81.5 cm³/mol. The highest BCUT2D eigenvalue weighted by Gasteiger charge is 2.03. The predicted octanol–water partition coefficient (Wildman–Crippen LogP) is 4.87. The summed E-state index contributed by atoms with van der Waals surface area (Å²) in [6.45, 7) is 6.49. The fourth-order valence-electron chi connectivity index (χ4n) is 2.03. The maximum Gasteiger partial charge on any atom is 0.119 e. The van der Waals surface area contributed by atoms with Crippen LogP contribution in [0.25, 0.3) is 0 Å². The summed E-state index contributed by atoms with van der Waals surface area (Å²) in [6.07, 6.45) is 0. The topological polar surface area (TPSA) is 21.3 Å². The van der Waals surface area contributed by atoms with E-state index in [4.69, 9.17) is 4.74 Å². The first-order valence-electron chi connectivity index (χ1n) is 6.62. The first kappa shape index (κ1) is 13.5. The Bertz CT molecular complexity index is 561. The van der Waals surface area contributed by atoms with E-state index in [9.17, 15) is 0 Å². The molecule has 2 heteroatoms. The molecule has 0 atom stereocenters. The minimum absolute atomic E-state index is 0.540. The van der Waals surface area contributed by atoms with Crippen molar-refractivity contribution in [3.63, 3.8) is 0 Å². The molecule has 0 aromatic heterocycles. The van der Waals surface area contributed by atoms with Crippen LogP contribution in [0.5, 0.6) is 5.75 Å². The van der Waals surface area contributed by atoms with Crippen LogP contribution in [0.4, 0.5) is 11.4 Å². The Morgan fingerprint density at radius 1 is 1.05 bits per heavy atom. The van der Waals surface area contributed by atoms with Crippen LogP contribution in [0.3, 0.4) is 0 Å². The second-order valence-corrected chi connectivity index (χ2v) is 5.09. The highest BCUT2D eigenvalue weighted by atomic mass is 16.5. The first-order valence-corrected chi connectivity index (χ1v) is 6.62. The molecule has 2 rings (SSSR count). The van der Waals surface area contributed by atoms with Gasteiger partial charge in [-0.1, -0.05) is 26.0 Å². The zero-order chi connectivity index (χ0) is 13.8. The molecule has 0 saturated carbocycles. The molecule has 2 aromatic carbocycles. The number of methoxy groups -OCH3 is 1. The maximum absolute atomic E-state index is 5.22. The third-order valence-electron chi connectivity index (χ3n) is 3.27. The van der Waals surface area contributed by atoms with Crippen LogP contribution >= 0.6 is 0 Å². The molecule has 0 saturated heterocycles. The first-order chi connectivity index (χ1) is 9.10. The smallest absolute Gasteiger partial charge is 0.119 e. The Balaban J connectivity index is 2.23. The van der Waals surface area contributed by atoms with Gasteiger partial charge in [0.25, 0.3) is 0 Å². The molecule has 0 aliphatic rings. The van der Waals surface area contributed by atoms with E-state index in [2.05, 4.69) is 56.4 Å². The number of hydrogen-bond donors (Lipinski definition) is 1. The third kappa shape index (κ3) is 3.28. The summed E-state index contributed by atoms with van der Waals surface area (Å²) in [6, 6.07) is 14.6. The summed E-state index contributed by atoms with van der Waals surface area (Å²) in [5.41, 5.74) is 4.76. The van der Waals surface area contributed by atoms with Crippen LogP contribution in [-0.2, 0) is 0 Å². The van der Waals surface area contributed by atoms with Gasteiger partial charge in [0.1, 0.15) is 5.75 Å². The number of ether oxygens (including phenoxy) is 1. The van der Waals surface area contributed by atoms with Gasteiger partial charge in [0.05, 0.1) is 7.11 Å². The standard InChI is InChI=1S/C17H21NO/c1-12(2)14-6-5-7-15(11-14)18-17-9-8-16(19-4)10-13(17)3/h5-12,18H,1-4H3. The third-order valence-corrected chi connectivity index (χ3v) is 3.27. The Labute approximate surface area is 115 Å². The Morgan fingerprint density at radius 2 is 1.84 bits per heavy atom. The molecule has 0 fully saturated rings. The summed E-state index contributed by atoms with van der Waals surface area (Å²) in [5, 5.41) is 3.46. The highest BCUT2D eigenvalue weighted by molar-refractivity contribution is 5.64. The number of anilines is 2. The molecular weight excluding hydrogens is 234 g/mol. The minimum Gasteiger partial charge on any atom is -0.497 e. The van der Waals surface area contributed by atoms with E-state index in [1.807, 2.05) is 12.1 Å². The number of benzene rings is 2. The van der Waals surface area contributed by atoms with Crippen molar-refractivity contribution in [2.75, 3.05) is 12.4 Å². The van der Waals surface area contributed by atoms with Gasteiger partial charge < -0.3 is 10.1 Å². The summed E-state index contributed by atoms with van der Waals surface area (Å²) in [5.74, 6) is 1.43. The number of nitrogens with one attached hydrogen (secondary N) is 1. The van der Waals surface area contributed by atoms with Crippen molar-refractivity contribution >= 4 is 11.4 Å². The summed E-state index contributed by atoms with van der Waals surface area (Å²) in [4.78, 5) is 0. The minimum atomic E-state index is 0.540. The van der Waals surface area contributed by atoms with Crippen LogP contribution in [-0.4, -0.2) is 7.11 Å². The van der Waals surface area contributed by atoms with E-state index in [1.165, 1.54) is 11.1 Å². The normalized spacial score (nSPS) is 10.6. The van der Waals surface area contributed by atoms with Gasteiger partial charge in [-0.2, -0.15) is 0 Å². The maximum atomic E-state index is 5.22. The van der Waals surface area contributed by atoms with Crippen molar-refractivity contribution < 1.29 is 4.74 Å². The summed E-state index contributed by atoms with van der Waals surface area (Å²) in [7, 11) is 1.69. The molecule has 1 N–H and O–H groups in total. The van der Waals surface area contributed by atoms with Crippen LogP contribution in [0.2, 0.25) is 0 Å². The lowest BCUT2D eigenvalue weighted by Crippen LogP contribution is -1.95. The summed E-state index contributed by atoms with van der Waals surface area (Å²) < 4.78 is 5.22. The lowest BCUT2D eigenvalue weighted by atomic mass is 10.0. The van der Waals surface area contributed by atoms with Crippen LogP contribution in [0.15, 0.2) is 42.5 Å². The van der Waals surface area contributed by atoms with E-state index < -0.39 is 0 Å². The summed E-state index contributed by atoms with van der Waals surface area (Å²) >= 11 is 0. The monoisotopic (exact) mass is 255 g/mol. The van der Waals surface area contributed by atoms with Crippen molar-refractivity contribution in [2.24, 2.45) is 0 Å². The molecule has 19 heavy (non-hydrogen) atoms. The lowest BCUT2D eigenvalue weighted by Gasteiger charge is -2.13. The number of rotatable bonds is 4. The highest BCUT2D eigenvalue weighted by Crippen LogP contribution is 2.26.